The Morgan fingerprint density at radius 1 is 1.35 bits per heavy atom. The first-order valence-corrected chi connectivity index (χ1v) is 6.43. The summed E-state index contributed by atoms with van der Waals surface area (Å²) in [7, 11) is 1.67. The van der Waals surface area contributed by atoms with E-state index in [0.717, 1.165) is 25.7 Å². The number of hydrogen-bond donors (Lipinski definition) is 1. The van der Waals surface area contributed by atoms with Gasteiger partial charge in [0.25, 0.3) is 0 Å². The third-order valence-electron chi connectivity index (χ3n) is 3.62. The van der Waals surface area contributed by atoms with Crippen LogP contribution in [0.15, 0.2) is 0 Å². The van der Waals surface area contributed by atoms with Crippen LogP contribution in [0.5, 0.6) is 0 Å². The zero-order valence-electron chi connectivity index (χ0n) is 11.2. The molecule has 2 N–H and O–H groups in total. The molecule has 0 spiro atoms. The first kappa shape index (κ1) is 14.5. The van der Waals surface area contributed by atoms with E-state index in [2.05, 4.69) is 0 Å². The summed E-state index contributed by atoms with van der Waals surface area (Å²) in [5.74, 6) is -0.237. The zero-order valence-corrected chi connectivity index (χ0v) is 11.2. The molecule has 100 valence electrons. The second kappa shape index (κ2) is 6.36. The lowest BCUT2D eigenvalue weighted by atomic mass is 9.85. The highest BCUT2D eigenvalue weighted by Crippen LogP contribution is 2.24. The van der Waals surface area contributed by atoms with Gasteiger partial charge in [0.2, 0.25) is 0 Å². The van der Waals surface area contributed by atoms with Gasteiger partial charge in [-0.25, -0.2) is 0 Å². The molecule has 0 aromatic heterocycles. The predicted octanol–water partition coefficient (Wildman–Crippen LogP) is 1.86. The zero-order chi connectivity index (χ0) is 12.9. The van der Waals surface area contributed by atoms with Crippen LogP contribution >= 0.6 is 0 Å². The van der Waals surface area contributed by atoms with E-state index in [4.69, 9.17) is 15.2 Å². The van der Waals surface area contributed by atoms with Crippen molar-refractivity contribution in [1.82, 2.24) is 0 Å². The molecule has 4 nitrogen and oxygen atoms in total. The Bertz CT molecular complexity index is 253. The molecule has 0 aliphatic heterocycles. The molecule has 0 saturated heterocycles. The average Bonchev–Trinajstić information content (AvgIpc) is 2.29. The van der Waals surface area contributed by atoms with Crippen molar-refractivity contribution in [2.24, 2.45) is 11.7 Å². The van der Waals surface area contributed by atoms with Gasteiger partial charge in [0.05, 0.1) is 18.1 Å². The smallest absolute Gasteiger partial charge is 0.310 e. The van der Waals surface area contributed by atoms with Gasteiger partial charge < -0.3 is 15.2 Å². The summed E-state index contributed by atoms with van der Waals surface area (Å²) in [6.45, 7) is 4.36. The SMILES string of the molecule is COC(C)(C)CCOC(=O)C1CCCCC1N. The Labute approximate surface area is 104 Å². The van der Waals surface area contributed by atoms with E-state index in [9.17, 15) is 4.79 Å². The molecule has 0 aromatic carbocycles. The number of methoxy groups -OCH3 is 1. The van der Waals surface area contributed by atoms with Gasteiger partial charge in [0.1, 0.15) is 0 Å². The second-order valence-electron chi connectivity index (χ2n) is 5.44. The van der Waals surface area contributed by atoms with Gasteiger partial charge in [-0.2, -0.15) is 0 Å². The maximum Gasteiger partial charge on any atom is 0.310 e. The van der Waals surface area contributed by atoms with Crippen LogP contribution in [0.2, 0.25) is 0 Å². The standard InChI is InChI=1S/C13H25NO3/c1-13(2,16-3)8-9-17-12(15)10-6-4-5-7-11(10)14/h10-11H,4-9,14H2,1-3H3. The van der Waals surface area contributed by atoms with Gasteiger partial charge in [0, 0.05) is 19.6 Å². The maximum atomic E-state index is 11.8. The molecule has 1 aliphatic carbocycles. The van der Waals surface area contributed by atoms with E-state index >= 15 is 0 Å². The van der Waals surface area contributed by atoms with E-state index < -0.39 is 0 Å². The molecule has 2 atom stereocenters. The van der Waals surface area contributed by atoms with Crippen LogP contribution < -0.4 is 5.73 Å². The van der Waals surface area contributed by atoms with Crippen molar-refractivity contribution < 1.29 is 14.3 Å². The number of carbonyl (C=O) groups is 1. The molecule has 2 unspecified atom stereocenters. The fraction of sp³-hybridized carbons (Fsp3) is 0.923. The predicted molar refractivity (Wildman–Crippen MR) is 66.6 cm³/mol. The minimum absolute atomic E-state index is 0.0216. The lowest BCUT2D eigenvalue weighted by Crippen LogP contribution is -2.39. The molecule has 0 bridgehead atoms. The van der Waals surface area contributed by atoms with Gasteiger partial charge in [-0.1, -0.05) is 12.8 Å². The van der Waals surface area contributed by atoms with E-state index in [-0.39, 0.29) is 23.5 Å². The van der Waals surface area contributed by atoms with E-state index in [1.807, 2.05) is 13.8 Å². The largest absolute Gasteiger partial charge is 0.465 e. The number of hydrogen-bond acceptors (Lipinski definition) is 4. The molecular formula is C13H25NO3. The van der Waals surface area contributed by atoms with Crippen molar-refractivity contribution >= 4 is 5.97 Å². The molecule has 17 heavy (non-hydrogen) atoms. The monoisotopic (exact) mass is 243 g/mol. The minimum Gasteiger partial charge on any atom is -0.465 e. The van der Waals surface area contributed by atoms with Gasteiger partial charge in [0.15, 0.2) is 0 Å². The lowest BCUT2D eigenvalue weighted by molar-refractivity contribution is -0.151. The second-order valence-corrected chi connectivity index (χ2v) is 5.44. The van der Waals surface area contributed by atoms with E-state index in [0.29, 0.717) is 13.0 Å². The fourth-order valence-corrected chi connectivity index (χ4v) is 2.06. The first-order chi connectivity index (χ1) is 7.96. The molecule has 0 heterocycles. The van der Waals surface area contributed by atoms with Crippen molar-refractivity contribution in [2.75, 3.05) is 13.7 Å². The fourth-order valence-electron chi connectivity index (χ4n) is 2.06. The summed E-state index contributed by atoms with van der Waals surface area (Å²) in [6.07, 6.45) is 4.72. The normalized spacial score (nSPS) is 25.6. The summed E-state index contributed by atoms with van der Waals surface area (Å²) in [5.41, 5.74) is 5.70. The Kier molecular flexibility index (Phi) is 5.40. The van der Waals surface area contributed by atoms with Crippen LogP contribution in [0.1, 0.15) is 46.0 Å². The molecule has 0 aromatic rings. The van der Waals surface area contributed by atoms with E-state index in [1.165, 1.54) is 0 Å². The average molecular weight is 243 g/mol. The molecule has 1 rings (SSSR count). The first-order valence-electron chi connectivity index (χ1n) is 6.43. The molecule has 1 saturated carbocycles. The van der Waals surface area contributed by atoms with Crippen molar-refractivity contribution in [3.8, 4) is 0 Å². The topological polar surface area (TPSA) is 61.5 Å². The molecule has 0 radical (unpaired) electrons. The number of ether oxygens (including phenoxy) is 2. The number of carbonyl (C=O) groups excluding carboxylic acids is 1. The quantitative estimate of drug-likeness (QED) is 0.749. The summed E-state index contributed by atoms with van der Waals surface area (Å²) >= 11 is 0. The summed E-state index contributed by atoms with van der Waals surface area (Å²) in [6, 6.07) is -0.0216. The number of esters is 1. The lowest BCUT2D eigenvalue weighted by Gasteiger charge is -2.27. The molecule has 4 heteroatoms. The minimum atomic E-state index is -0.241. The highest BCUT2D eigenvalue weighted by Gasteiger charge is 2.29. The molecular weight excluding hydrogens is 218 g/mol. The third kappa shape index (κ3) is 4.64. The van der Waals surface area contributed by atoms with Crippen molar-refractivity contribution in [3.05, 3.63) is 0 Å². The van der Waals surface area contributed by atoms with Crippen LogP contribution in [0.4, 0.5) is 0 Å². The van der Waals surface area contributed by atoms with Crippen molar-refractivity contribution in [2.45, 2.75) is 57.6 Å². The van der Waals surface area contributed by atoms with Gasteiger partial charge >= 0.3 is 5.97 Å². The summed E-state index contributed by atoms with van der Waals surface area (Å²) in [5, 5.41) is 0. The van der Waals surface area contributed by atoms with Gasteiger partial charge in [-0.05, 0) is 26.7 Å². The third-order valence-corrected chi connectivity index (χ3v) is 3.62. The summed E-state index contributed by atoms with van der Waals surface area (Å²) in [4.78, 5) is 11.8. The van der Waals surface area contributed by atoms with Crippen LogP contribution in [-0.2, 0) is 14.3 Å². The Morgan fingerprint density at radius 2 is 2.00 bits per heavy atom. The van der Waals surface area contributed by atoms with Gasteiger partial charge in [-0.3, -0.25) is 4.79 Å². The Balaban J connectivity index is 2.29. The van der Waals surface area contributed by atoms with Crippen LogP contribution in [-0.4, -0.2) is 31.3 Å². The Hall–Kier alpha value is -0.610. The molecule has 1 fully saturated rings. The van der Waals surface area contributed by atoms with Crippen LogP contribution in [0.3, 0.4) is 0 Å². The van der Waals surface area contributed by atoms with Crippen LogP contribution in [0.25, 0.3) is 0 Å². The maximum absolute atomic E-state index is 11.8. The highest BCUT2D eigenvalue weighted by atomic mass is 16.5. The number of rotatable bonds is 5. The van der Waals surface area contributed by atoms with Crippen LogP contribution in [0, 0.1) is 5.92 Å². The summed E-state index contributed by atoms with van der Waals surface area (Å²) < 4.78 is 10.6. The van der Waals surface area contributed by atoms with Crippen molar-refractivity contribution in [3.63, 3.8) is 0 Å². The molecule has 0 amide bonds. The number of nitrogens with two attached hydrogens (primary N) is 1. The van der Waals surface area contributed by atoms with E-state index in [1.54, 1.807) is 7.11 Å². The van der Waals surface area contributed by atoms with Crippen molar-refractivity contribution in [1.29, 1.82) is 0 Å². The Morgan fingerprint density at radius 3 is 2.59 bits per heavy atom. The van der Waals surface area contributed by atoms with Gasteiger partial charge in [-0.15, -0.1) is 0 Å². The molecule has 1 aliphatic rings. The highest BCUT2D eigenvalue weighted by molar-refractivity contribution is 5.73.